The van der Waals surface area contributed by atoms with Crippen LogP contribution in [0, 0.1) is 5.92 Å². The van der Waals surface area contributed by atoms with Gasteiger partial charge in [0.05, 0.1) is 6.54 Å². The lowest BCUT2D eigenvalue weighted by atomic mass is 9.78. The van der Waals surface area contributed by atoms with Gasteiger partial charge in [-0.15, -0.1) is 11.8 Å². The number of benzene rings is 1. The van der Waals surface area contributed by atoms with Gasteiger partial charge in [0.1, 0.15) is 0 Å². The number of fused-ring (bicyclic) bond motifs is 1. The number of rotatable bonds is 4. The maximum Gasteiger partial charge on any atom is 0.238 e. The Morgan fingerprint density at radius 3 is 2.95 bits per heavy atom. The molecule has 1 aliphatic heterocycles. The van der Waals surface area contributed by atoms with Crippen LogP contribution in [0.5, 0.6) is 0 Å². The van der Waals surface area contributed by atoms with Crippen LogP contribution in [0.15, 0.2) is 29.2 Å². The average molecular weight is 318 g/mol. The molecule has 1 N–H and O–H groups in total. The van der Waals surface area contributed by atoms with Gasteiger partial charge in [0.25, 0.3) is 0 Å². The van der Waals surface area contributed by atoms with Crippen LogP contribution in [-0.4, -0.2) is 36.2 Å². The summed E-state index contributed by atoms with van der Waals surface area (Å²) in [5.41, 5.74) is 0.911. The molecular weight excluding hydrogens is 292 g/mol. The standard InChI is InChI=1S/C18H26N2OS/c1-22-16-9-4-8-15(12-16)19-18(21)13-20-11-5-7-14-6-2-3-10-17(14)20/h4,8-9,12,14,17H,2-3,5-7,10-11,13H2,1H3,(H,19,21). The topological polar surface area (TPSA) is 32.3 Å². The van der Waals surface area contributed by atoms with Gasteiger partial charge in [-0.25, -0.2) is 0 Å². The highest BCUT2D eigenvalue weighted by molar-refractivity contribution is 7.98. The second-order valence-corrected chi connectivity index (χ2v) is 7.38. The highest BCUT2D eigenvalue weighted by Gasteiger charge is 2.33. The molecule has 1 amide bonds. The van der Waals surface area contributed by atoms with Gasteiger partial charge < -0.3 is 5.32 Å². The predicted molar refractivity (Wildman–Crippen MR) is 93.4 cm³/mol. The third kappa shape index (κ3) is 3.85. The van der Waals surface area contributed by atoms with E-state index in [4.69, 9.17) is 0 Å². The SMILES string of the molecule is CSc1cccc(NC(=O)CN2CCCC3CCCCC32)c1. The molecule has 0 spiro atoms. The summed E-state index contributed by atoms with van der Waals surface area (Å²) < 4.78 is 0. The van der Waals surface area contributed by atoms with E-state index in [0.29, 0.717) is 12.6 Å². The van der Waals surface area contributed by atoms with Crippen molar-refractivity contribution in [2.24, 2.45) is 5.92 Å². The minimum Gasteiger partial charge on any atom is -0.325 e. The summed E-state index contributed by atoms with van der Waals surface area (Å²) in [7, 11) is 0. The number of hydrogen-bond donors (Lipinski definition) is 1. The first-order valence-electron chi connectivity index (χ1n) is 8.44. The minimum absolute atomic E-state index is 0.129. The molecule has 0 aromatic heterocycles. The predicted octanol–water partition coefficient (Wildman–Crippen LogP) is 4.00. The third-order valence-corrected chi connectivity index (χ3v) is 5.78. The Bertz CT molecular complexity index is 518. The summed E-state index contributed by atoms with van der Waals surface area (Å²) in [6.45, 7) is 1.63. The number of carbonyl (C=O) groups excluding carboxylic acids is 1. The molecule has 1 saturated heterocycles. The Balaban J connectivity index is 1.58. The summed E-state index contributed by atoms with van der Waals surface area (Å²) in [4.78, 5) is 16.0. The Hall–Kier alpha value is -1.00. The van der Waals surface area contributed by atoms with Crippen molar-refractivity contribution in [2.75, 3.05) is 24.7 Å². The van der Waals surface area contributed by atoms with Gasteiger partial charge in [0, 0.05) is 16.6 Å². The van der Waals surface area contributed by atoms with Gasteiger partial charge in [0.15, 0.2) is 0 Å². The van der Waals surface area contributed by atoms with Gasteiger partial charge >= 0.3 is 0 Å². The van der Waals surface area contributed by atoms with Crippen LogP contribution in [0.4, 0.5) is 5.69 Å². The van der Waals surface area contributed by atoms with Crippen molar-refractivity contribution in [1.82, 2.24) is 4.90 Å². The van der Waals surface area contributed by atoms with Crippen LogP contribution in [0.1, 0.15) is 38.5 Å². The van der Waals surface area contributed by atoms with Crippen molar-refractivity contribution >= 4 is 23.4 Å². The molecule has 2 aliphatic rings. The molecule has 4 heteroatoms. The Morgan fingerprint density at radius 2 is 2.09 bits per heavy atom. The lowest BCUT2D eigenvalue weighted by molar-refractivity contribution is -0.118. The van der Waals surface area contributed by atoms with Crippen molar-refractivity contribution in [3.05, 3.63) is 24.3 Å². The van der Waals surface area contributed by atoms with E-state index in [1.165, 1.54) is 43.4 Å². The summed E-state index contributed by atoms with van der Waals surface area (Å²) in [6.07, 6.45) is 10.0. The Kier molecular flexibility index (Phi) is 5.42. The van der Waals surface area contributed by atoms with Crippen molar-refractivity contribution in [3.8, 4) is 0 Å². The van der Waals surface area contributed by atoms with Crippen molar-refractivity contribution < 1.29 is 4.79 Å². The lowest BCUT2D eigenvalue weighted by Crippen LogP contribution is -2.49. The highest BCUT2D eigenvalue weighted by Crippen LogP contribution is 2.35. The molecule has 1 saturated carbocycles. The number of hydrogen-bond acceptors (Lipinski definition) is 3. The summed E-state index contributed by atoms with van der Waals surface area (Å²) in [5.74, 6) is 0.958. The number of thioether (sulfide) groups is 1. The van der Waals surface area contributed by atoms with E-state index < -0.39 is 0 Å². The van der Waals surface area contributed by atoms with Crippen LogP contribution >= 0.6 is 11.8 Å². The summed E-state index contributed by atoms with van der Waals surface area (Å²) in [5, 5.41) is 3.07. The number of nitrogens with zero attached hydrogens (tertiary/aromatic N) is 1. The van der Waals surface area contributed by atoms with E-state index in [9.17, 15) is 4.79 Å². The van der Waals surface area contributed by atoms with E-state index in [2.05, 4.69) is 22.5 Å². The molecule has 2 atom stereocenters. The van der Waals surface area contributed by atoms with Crippen molar-refractivity contribution in [3.63, 3.8) is 0 Å². The van der Waals surface area contributed by atoms with Crippen molar-refractivity contribution in [1.29, 1.82) is 0 Å². The minimum atomic E-state index is 0.129. The molecule has 0 radical (unpaired) electrons. The Labute approximate surface area is 137 Å². The number of carbonyl (C=O) groups is 1. The normalized spacial score (nSPS) is 25.5. The number of nitrogens with one attached hydrogen (secondary N) is 1. The van der Waals surface area contributed by atoms with Gasteiger partial charge in [-0.1, -0.05) is 18.9 Å². The molecule has 0 bridgehead atoms. The fourth-order valence-electron chi connectivity index (χ4n) is 4.01. The fraction of sp³-hybridized carbons (Fsp3) is 0.611. The molecule has 1 aromatic rings. The smallest absolute Gasteiger partial charge is 0.238 e. The molecule has 2 fully saturated rings. The third-order valence-electron chi connectivity index (χ3n) is 5.06. The molecule has 3 nitrogen and oxygen atoms in total. The van der Waals surface area contributed by atoms with E-state index in [0.717, 1.165) is 18.2 Å². The number of piperidine rings is 1. The van der Waals surface area contributed by atoms with Gasteiger partial charge in [-0.2, -0.15) is 0 Å². The monoisotopic (exact) mass is 318 g/mol. The lowest BCUT2D eigenvalue weighted by Gasteiger charge is -2.43. The van der Waals surface area contributed by atoms with Crippen LogP contribution < -0.4 is 5.32 Å². The van der Waals surface area contributed by atoms with Crippen LogP contribution in [0.3, 0.4) is 0 Å². The number of likely N-dealkylation sites (tertiary alicyclic amines) is 1. The van der Waals surface area contributed by atoms with E-state index in [1.54, 1.807) is 11.8 Å². The molecule has 1 aromatic carbocycles. The summed E-state index contributed by atoms with van der Waals surface area (Å²) in [6, 6.07) is 8.72. The fourth-order valence-corrected chi connectivity index (χ4v) is 4.47. The van der Waals surface area contributed by atoms with Gasteiger partial charge in [-0.05, 0) is 62.6 Å². The van der Waals surface area contributed by atoms with Crippen LogP contribution in [0.2, 0.25) is 0 Å². The Morgan fingerprint density at radius 1 is 1.27 bits per heavy atom. The van der Waals surface area contributed by atoms with Crippen LogP contribution in [-0.2, 0) is 4.79 Å². The molecule has 1 aliphatic carbocycles. The van der Waals surface area contributed by atoms with Crippen molar-refractivity contribution in [2.45, 2.75) is 49.5 Å². The number of amides is 1. The van der Waals surface area contributed by atoms with E-state index in [-0.39, 0.29) is 5.91 Å². The molecular formula is C18H26N2OS. The number of anilines is 1. The maximum absolute atomic E-state index is 12.4. The van der Waals surface area contributed by atoms with E-state index >= 15 is 0 Å². The largest absolute Gasteiger partial charge is 0.325 e. The first kappa shape index (κ1) is 15.9. The second-order valence-electron chi connectivity index (χ2n) is 6.50. The first-order chi connectivity index (χ1) is 10.8. The maximum atomic E-state index is 12.4. The molecule has 22 heavy (non-hydrogen) atoms. The van der Waals surface area contributed by atoms with Gasteiger partial charge in [0.2, 0.25) is 5.91 Å². The second kappa shape index (κ2) is 7.51. The first-order valence-corrected chi connectivity index (χ1v) is 9.66. The average Bonchev–Trinajstić information content (AvgIpc) is 2.55. The zero-order valence-electron chi connectivity index (χ0n) is 13.4. The zero-order valence-corrected chi connectivity index (χ0v) is 14.2. The van der Waals surface area contributed by atoms with Gasteiger partial charge in [-0.3, -0.25) is 9.69 Å². The molecule has 3 rings (SSSR count). The highest BCUT2D eigenvalue weighted by atomic mass is 32.2. The zero-order chi connectivity index (χ0) is 15.4. The molecule has 120 valence electrons. The van der Waals surface area contributed by atoms with E-state index in [1.807, 2.05) is 18.2 Å². The van der Waals surface area contributed by atoms with Crippen LogP contribution in [0.25, 0.3) is 0 Å². The molecule has 2 unspecified atom stereocenters. The molecule has 1 heterocycles. The quantitative estimate of drug-likeness (QED) is 0.852. The summed E-state index contributed by atoms with van der Waals surface area (Å²) >= 11 is 1.70.